The molecule has 0 aliphatic carbocycles. The van der Waals surface area contributed by atoms with Gasteiger partial charge in [0.1, 0.15) is 0 Å². The summed E-state index contributed by atoms with van der Waals surface area (Å²) in [5.41, 5.74) is 0. The zero-order chi connectivity index (χ0) is 8.48. The quantitative estimate of drug-likeness (QED) is 0.549. The van der Waals surface area contributed by atoms with E-state index >= 15 is 0 Å². The van der Waals surface area contributed by atoms with Crippen LogP contribution in [0.3, 0.4) is 0 Å². The van der Waals surface area contributed by atoms with E-state index in [1.54, 1.807) is 0 Å². The third-order valence-corrected chi connectivity index (χ3v) is 1.39. The minimum Gasteiger partial charge on any atom is -0.321 e. The maximum absolute atomic E-state index is 11.7. The van der Waals surface area contributed by atoms with Crippen molar-refractivity contribution in [2.24, 2.45) is 0 Å². The van der Waals surface area contributed by atoms with Crippen LogP contribution in [-0.4, -0.2) is 36.7 Å². The molecule has 0 aromatic rings. The van der Waals surface area contributed by atoms with Crippen LogP contribution >= 0.6 is 0 Å². The van der Waals surface area contributed by atoms with E-state index in [1.165, 1.54) is 0 Å². The van der Waals surface area contributed by atoms with Crippen molar-refractivity contribution < 1.29 is 18.0 Å². The Morgan fingerprint density at radius 2 is 2.09 bits per heavy atom. The fourth-order valence-corrected chi connectivity index (χ4v) is 0.860. The summed E-state index contributed by atoms with van der Waals surface area (Å²) in [5, 5.41) is 2.63. The molecule has 0 aromatic heterocycles. The van der Waals surface area contributed by atoms with Crippen LogP contribution in [0, 0.1) is 0 Å². The van der Waals surface area contributed by atoms with E-state index in [0.29, 0.717) is 6.54 Å². The lowest BCUT2D eigenvalue weighted by Crippen LogP contribution is -2.40. The highest BCUT2D eigenvalue weighted by molar-refractivity contribution is 5.82. The van der Waals surface area contributed by atoms with E-state index in [9.17, 15) is 18.0 Å². The van der Waals surface area contributed by atoms with Crippen LogP contribution < -0.4 is 5.32 Å². The fraction of sp³-hybridized carbons (Fsp3) is 0.800. The number of nitrogens with zero attached hydrogens (tertiary/aromatic N) is 1. The molecule has 1 heterocycles. The fourth-order valence-electron chi connectivity index (χ4n) is 0.860. The van der Waals surface area contributed by atoms with Gasteiger partial charge in [0, 0.05) is 13.1 Å². The summed E-state index contributed by atoms with van der Waals surface area (Å²) in [5.74, 6) is -1.76. The average molecular weight is 168 g/mol. The molecule has 1 N–H and O–H groups in total. The van der Waals surface area contributed by atoms with Crippen molar-refractivity contribution in [3.05, 3.63) is 0 Å². The lowest BCUT2D eigenvalue weighted by Gasteiger charge is -2.15. The molecule has 0 bridgehead atoms. The topological polar surface area (TPSA) is 32.3 Å². The summed E-state index contributed by atoms with van der Waals surface area (Å²) >= 11 is 0. The predicted molar refractivity (Wildman–Crippen MR) is 30.6 cm³/mol. The van der Waals surface area contributed by atoms with Crippen LogP contribution in [0.5, 0.6) is 0 Å². The number of alkyl halides is 3. The number of carbonyl (C=O) groups is 1. The van der Waals surface area contributed by atoms with Gasteiger partial charge in [-0.1, -0.05) is 0 Å². The van der Waals surface area contributed by atoms with Crippen LogP contribution in [0.25, 0.3) is 0 Å². The molecule has 1 aliphatic heterocycles. The lowest BCUT2D eigenvalue weighted by molar-refractivity contribution is -0.184. The summed E-state index contributed by atoms with van der Waals surface area (Å²) < 4.78 is 35.0. The molecule has 11 heavy (non-hydrogen) atoms. The zero-order valence-corrected chi connectivity index (χ0v) is 5.61. The third kappa shape index (κ3) is 1.83. The second-order valence-electron chi connectivity index (χ2n) is 2.22. The molecule has 0 saturated carbocycles. The Morgan fingerprint density at radius 3 is 2.45 bits per heavy atom. The van der Waals surface area contributed by atoms with E-state index in [2.05, 4.69) is 5.32 Å². The van der Waals surface area contributed by atoms with Gasteiger partial charge in [-0.2, -0.15) is 13.2 Å². The van der Waals surface area contributed by atoms with Gasteiger partial charge in [0.2, 0.25) is 0 Å². The van der Waals surface area contributed by atoms with Crippen LogP contribution in [0.15, 0.2) is 0 Å². The Kier molecular flexibility index (Phi) is 2.03. The van der Waals surface area contributed by atoms with Gasteiger partial charge in [-0.25, -0.2) is 0 Å². The number of hydrogen-bond donors (Lipinski definition) is 1. The molecular formula is C5H7F3N2O. The highest BCUT2D eigenvalue weighted by Crippen LogP contribution is 2.18. The zero-order valence-electron chi connectivity index (χ0n) is 5.61. The molecule has 6 heteroatoms. The predicted octanol–water partition coefficient (Wildman–Crippen LogP) is -0.0620. The second kappa shape index (κ2) is 2.69. The van der Waals surface area contributed by atoms with Gasteiger partial charge in [0.05, 0.1) is 6.67 Å². The van der Waals surface area contributed by atoms with Gasteiger partial charge in [0.15, 0.2) is 0 Å². The highest BCUT2D eigenvalue weighted by atomic mass is 19.4. The smallest absolute Gasteiger partial charge is 0.321 e. The summed E-state index contributed by atoms with van der Waals surface area (Å²) in [4.78, 5) is 11.2. The summed E-state index contributed by atoms with van der Waals surface area (Å²) in [7, 11) is 0. The molecule has 0 atom stereocenters. The van der Waals surface area contributed by atoms with Crippen LogP contribution in [0.2, 0.25) is 0 Å². The van der Waals surface area contributed by atoms with Gasteiger partial charge < -0.3 is 4.90 Å². The number of rotatable bonds is 0. The highest BCUT2D eigenvalue weighted by Gasteiger charge is 2.42. The molecule has 1 saturated heterocycles. The van der Waals surface area contributed by atoms with E-state index in [4.69, 9.17) is 0 Å². The first-order chi connectivity index (χ1) is 5.02. The summed E-state index contributed by atoms with van der Waals surface area (Å²) in [6, 6.07) is 0. The summed E-state index contributed by atoms with van der Waals surface area (Å²) in [6.45, 7) is 0.568. The van der Waals surface area contributed by atoms with Crippen LogP contribution in [0.1, 0.15) is 0 Å². The number of nitrogens with one attached hydrogen (secondary N) is 1. The Hall–Kier alpha value is -0.780. The monoisotopic (exact) mass is 168 g/mol. The van der Waals surface area contributed by atoms with Crippen molar-refractivity contribution in [2.75, 3.05) is 19.8 Å². The van der Waals surface area contributed by atoms with Crippen molar-refractivity contribution in [3.63, 3.8) is 0 Å². The second-order valence-corrected chi connectivity index (χ2v) is 2.22. The van der Waals surface area contributed by atoms with E-state index in [-0.39, 0.29) is 13.2 Å². The maximum Gasteiger partial charge on any atom is 0.471 e. The SMILES string of the molecule is O=C(N1CCNC1)C(F)(F)F. The van der Waals surface area contributed by atoms with Crippen LogP contribution in [-0.2, 0) is 4.79 Å². The molecular weight excluding hydrogens is 161 g/mol. The van der Waals surface area contributed by atoms with Gasteiger partial charge in [-0.3, -0.25) is 10.1 Å². The molecule has 0 unspecified atom stereocenters. The standard InChI is InChI=1S/C5H7F3N2O/c6-5(7,8)4(11)10-2-1-9-3-10/h9H,1-3H2. The van der Waals surface area contributed by atoms with Crippen molar-refractivity contribution in [2.45, 2.75) is 6.18 Å². The largest absolute Gasteiger partial charge is 0.471 e. The molecule has 1 amide bonds. The first kappa shape index (κ1) is 8.32. The lowest BCUT2D eigenvalue weighted by atomic mass is 10.5. The first-order valence-electron chi connectivity index (χ1n) is 3.08. The molecule has 0 radical (unpaired) electrons. The van der Waals surface area contributed by atoms with E-state index < -0.39 is 12.1 Å². The van der Waals surface area contributed by atoms with Crippen molar-refractivity contribution >= 4 is 5.91 Å². The Morgan fingerprint density at radius 1 is 1.45 bits per heavy atom. The number of hydrogen-bond acceptors (Lipinski definition) is 2. The van der Waals surface area contributed by atoms with Crippen LogP contribution in [0.4, 0.5) is 13.2 Å². The van der Waals surface area contributed by atoms with E-state index in [0.717, 1.165) is 4.90 Å². The minimum absolute atomic E-state index is 0.00164. The van der Waals surface area contributed by atoms with Crippen molar-refractivity contribution in [3.8, 4) is 0 Å². The molecule has 0 spiro atoms. The van der Waals surface area contributed by atoms with Gasteiger partial charge >= 0.3 is 12.1 Å². The van der Waals surface area contributed by atoms with Crippen molar-refractivity contribution in [1.82, 2.24) is 10.2 Å². The number of amides is 1. The number of halogens is 3. The molecule has 1 fully saturated rings. The molecule has 0 aromatic carbocycles. The average Bonchev–Trinajstić information content (AvgIpc) is 2.34. The van der Waals surface area contributed by atoms with Gasteiger partial charge in [-0.05, 0) is 0 Å². The molecule has 64 valence electrons. The Balaban J connectivity index is 2.53. The van der Waals surface area contributed by atoms with Gasteiger partial charge in [0.25, 0.3) is 0 Å². The molecule has 1 aliphatic rings. The summed E-state index contributed by atoms with van der Waals surface area (Å²) in [6.07, 6.45) is -4.73. The Labute approximate surface area is 61.2 Å². The minimum atomic E-state index is -4.73. The Bertz CT molecular complexity index is 162. The first-order valence-corrected chi connectivity index (χ1v) is 3.08. The maximum atomic E-state index is 11.7. The third-order valence-electron chi connectivity index (χ3n) is 1.39. The molecule has 3 nitrogen and oxygen atoms in total. The van der Waals surface area contributed by atoms with Gasteiger partial charge in [-0.15, -0.1) is 0 Å². The molecule has 1 rings (SSSR count). The number of carbonyl (C=O) groups excluding carboxylic acids is 1. The normalized spacial score (nSPS) is 19.0. The van der Waals surface area contributed by atoms with E-state index in [1.807, 2.05) is 0 Å². The van der Waals surface area contributed by atoms with Crippen molar-refractivity contribution in [1.29, 1.82) is 0 Å².